The highest BCUT2D eigenvalue weighted by molar-refractivity contribution is 7.90. The highest BCUT2D eigenvalue weighted by atomic mass is 32.1. The minimum absolute atomic E-state index is 0.0155. The number of esters is 1. The summed E-state index contributed by atoms with van der Waals surface area (Å²) in [6, 6.07) is 46.6. The number of ether oxygens (including phenoxy) is 4. The van der Waals surface area contributed by atoms with Crippen LogP contribution in [0.2, 0.25) is 0 Å². The number of aromatic nitrogens is 4. The van der Waals surface area contributed by atoms with Gasteiger partial charge >= 0.3 is 17.1 Å². The number of H-pyrrole nitrogens is 1. The van der Waals surface area contributed by atoms with E-state index in [-0.39, 0.29) is 46.6 Å². The Morgan fingerprint density at radius 3 is 1.91 bits per heavy atom. The van der Waals surface area contributed by atoms with Gasteiger partial charge < -0.3 is 34.4 Å². The number of nitrogens with zero attached hydrogens (tertiary/aromatic N) is 5. The third kappa shape index (κ3) is 10.2. The van der Waals surface area contributed by atoms with Gasteiger partial charge in [0.05, 0.1) is 13.2 Å². The van der Waals surface area contributed by atoms with Gasteiger partial charge in [-0.05, 0) is 33.9 Å². The van der Waals surface area contributed by atoms with Crippen molar-refractivity contribution in [3.8, 4) is 0 Å². The third-order valence-corrected chi connectivity index (χ3v) is 13.4. The molecule has 0 bridgehead atoms. The summed E-state index contributed by atoms with van der Waals surface area (Å²) in [7, 11) is 4.01. The molecular weight excluding hydrogens is 985 g/mol. The van der Waals surface area contributed by atoms with E-state index in [4.69, 9.17) is 28.8 Å². The topological polar surface area (TPSA) is 218 Å². The molecule has 74 heavy (non-hydrogen) atoms. The van der Waals surface area contributed by atoms with Crippen LogP contribution in [-0.4, -0.2) is 94.6 Å². The molecule has 1 saturated heterocycles. The Hall–Kier alpha value is -8.27. The van der Waals surface area contributed by atoms with Crippen LogP contribution < -0.4 is 21.8 Å². The van der Waals surface area contributed by atoms with Crippen molar-refractivity contribution >= 4 is 57.5 Å². The van der Waals surface area contributed by atoms with Gasteiger partial charge in [-0.1, -0.05) is 157 Å². The van der Waals surface area contributed by atoms with Crippen molar-refractivity contribution in [3.63, 3.8) is 0 Å². The van der Waals surface area contributed by atoms with Crippen LogP contribution in [0.4, 0.5) is 5.13 Å². The first-order valence-electron chi connectivity index (χ1n) is 23.0. The predicted octanol–water partition coefficient (Wildman–Crippen LogP) is 6.00. The van der Waals surface area contributed by atoms with Gasteiger partial charge in [-0.15, -0.1) is 24.0 Å². The average Bonchev–Trinajstić information content (AvgIpc) is 3.92. The van der Waals surface area contributed by atoms with Crippen molar-refractivity contribution in [3.05, 3.63) is 234 Å². The number of hydrogen-bond acceptors (Lipinski definition) is 16. The average molecular weight is 1030 g/mol. The van der Waals surface area contributed by atoms with Crippen molar-refractivity contribution in [1.29, 1.82) is 0 Å². The molecule has 3 N–H and O–H groups in total. The van der Waals surface area contributed by atoms with Crippen molar-refractivity contribution in [1.82, 2.24) is 30.0 Å². The fraction of sp³-hybridized carbons (Fsp3) is 0.185. The normalized spacial score (nSPS) is 15.9. The summed E-state index contributed by atoms with van der Waals surface area (Å²) < 4.78 is 24.1. The lowest BCUT2D eigenvalue weighted by molar-refractivity contribution is -0.185. The van der Waals surface area contributed by atoms with E-state index in [0.717, 1.165) is 26.2 Å². The SMILES string of the molecule is CON=C(C(=O)NC1C(=O)N2C(C(=O)OC(c3ccccc3)c3ccccc3)=C(C=C(S)c3n[nH]c(=O)c(=O)n3CC(OC)OC)COC12)c1csc(NC(c2ccccc2)(c2ccccc2)c2ccccc2)n1. The molecule has 376 valence electrons. The maximum atomic E-state index is 14.8. The number of rotatable bonds is 19. The molecule has 2 aliphatic rings. The van der Waals surface area contributed by atoms with Crippen LogP contribution in [0.5, 0.6) is 0 Å². The van der Waals surface area contributed by atoms with Crippen LogP contribution in [-0.2, 0) is 50.3 Å². The Bertz CT molecular complexity index is 3210. The molecule has 2 amide bonds. The van der Waals surface area contributed by atoms with E-state index in [9.17, 15) is 24.0 Å². The summed E-state index contributed by atoms with van der Waals surface area (Å²) >= 11 is 5.91. The van der Waals surface area contributed by atoms with Gasteiger partial charge in [-0.3, -0.25) is 28.6 Å². The van der Waals surface area contributed by atoms with E-state index < -0.39 is 59.1 Å². The lowest BCUT2D eigenvalue weighted by Gasteiger charge is -2.49. The van der Waals surface area contributed by atoms with Crippen molar-refractivity contribution in [2.75, 3.05) is 33.3 Å². The first-order chi connectivity index (χ1) is 36.1. The van der Waals surface area contributed by atoms with Gasteiger partial charge in [-0.2, -0.15) is 5.10 Å². The molecular formula is C54H48N8O10S2. The molecule has 2 aliphatic heterocycles. The lowest BCUT2D eigenvalue weighted by Crippen LogP contribution is -2.73. The largest absolute Gasteiger partial charge is 0.448 e. The van der Waals surface area contributed by atoms with E-state index in [1.165, 1.54) is 38.7 Å². The van der Waals surface area contributed by atoms with E-state index in [1.807, 2.05) is 127 Å². The maximum absolute atomic E-state index is 14.8. The minimum atomic E-state index is -1.32. The van der Waals surface area contributed by atoms with Crippen molar-refractivity contribution < 1.29 is 38.2 Å². The van der Waals surface area contributed by atoms with Gasteiger partial charge in [0.25, 0.3) is 11.8 Å². The number of thiol groups is 1. The number of carbonyl (C=O) groups is 3. The summed E-state index contributed by atoms with van der Waals surface area (Å²) in [6.45, 7) is -0.581. The van der Waals surface area contributed by atoms with Gasteiger partial charge in [0.15, 0.2) is 41.3 Å². The van der Waals surface area contributed by atoms with Gasteiger partial charge in [0, 0.05) is 30.1 Å². The molecule has 2 atom stereocenters. The standard InChI is InChI=1S/C54H48N8O10S2/c1-68-41(69-2)30-61-46(58-59-48(64)50(61)66)40(73)29-35-31-71-51-43(49(65)62(51)44(35)52(67)72-45(33-19-9-4-10-20-33)34-21-11-5-12-22-34)56-47(63)42(60-70-3)39-32-74-53(55-39)57-54(36-23-13-6-14-24-36,37-25-15-7-16-26-37)38-27-17-8-18-28-38/h4-29,32,41,43,45,51,73H,30-31H2,1-3H3,(H,55,57)(H,56,63)(H,59,64). The summed E-state index contributed by atoms with van der Waals surface area (Å²) in [4.78, 5) is 80.4. The number of hydrogen-bond donors (Lipinski definition) is 4. The highest BCUT2D eigenvalue weighted by Crippen LogP contribution is 2.41. The molecule has 2 unspecified atom stereocenters. The highest BCUT2D eigenvalue weighted by Gasteiger charge is 2.55. The molecule has 1 fully saturated rings. The summed E-state index contributed by atoms with van der Waals surface area (Å²) in [6.07, 6.45) is -1.73. The number of β-lactam (4-membered cyclic amide) rings is 1. The number of anilines is 1. The minimum Gasteiger partial charge on any atom is -0.448 e. The lowest BCUT2D eigenvalue weighted by atomic mass is 9.77. The van der Waals surface area contributed by atoms with Gasteiger partial charge in [0.2, 0.25) is 0 Å². The number of benzene rings is 5. The fourth-order valence-electron chi connectivity index (χ4n) is 8.80. The molecule has 0 saturated carbocycles. The third-order valence-electron chi connectivity index (χ3n) is 12.3. The Kier molecular flexibility index (Phi) is 15.5. The zero-order valence-electron chi connectivity index (χ0n) is 40.0. The van der Waals surface area contributed by atoms with Crippen molar-refractivity contribution in [2.45, 2.75) is 36.7 Å². The smallest absolute Gasteiger partial charge is 0.356 e. The molecule has 20 heteroatoms. The Balaban J connectivity index is 1.04. The number of nitrogens with one attached hydrogen (secondary N) is 3. The quantitative estimate of drug-likeness (QED) is 0.0107. The van der Waals surface area contributed by atoms with Crippen LogP contribution in [0.3, 0.4) is 0 Å². The van der Waals surface area contributed by atoms with E-state index in [1.54, 1.807) is 29.6 Å². The maximum Gasteiger partial charge on any atom is 0.356 e. The summed E-state index contributed by atoms with van der Waals surface area (Å²) in [5, 5.41) is 18.8. The predicted molar refractivity (Wildman–Crippen MR) is 279 cm³/mol. The van der Waals surface area contributed by atoms with E-state index in [0.29, 0.717) is 16.3 Å². The molecule has 7 aromatic rings. The Morgan fingerprint density at radius 1 is 0.838 bits per heavy atom. The van der Waals surface area contributed by atoms with Crippen LogP contribution in [0.1, 0.15) is 45.4 Å². The number of aromatic amines is 1. The fourth-order valence-corrected chi connectivity index (χ4v) is 9.87. The van der Waals surface area contributed by atoms with Crippen LogP contribution >= 0.6 is 24.0 Å². The number of oxime groups is 1. The summed E-state index contributed by atoms with van der Waals surface area (Å²) in [5.74, 6) is -2.59. The molecule has 4 heterocycles. The Labute approximate surface area is 433 Å². The monoisotopic (exact) mass is 1030 g/mol. The first kappa shape index (κ1) is 50.7. The Morgan fingerprint density at radius 2 is 1.38 bits per heavy atom. The molecule has 5 aromatic carbocycles. The zero-order valence-corrected chi connectivity index (χ0v) is 41.7. The number of fused-ring (bicyclic) bond motifs is 1. The van der Waals surface area contributed by atoms with Crippen LogP contribution in [0.15, 0.2) is 189 Å². The first-order valence-corrected chi connectivity index (χ1v) is 24.4. The van der Waals surface area contributed by atoms with Crippen LogP contribution in [0, 0.1) is 0 Å². The molecule has 9 rings (SSSR count). The summed E-state index contributed by atoms with van der Waals surface area (Å²) in [5.41, 5.74) is 0.958. The zero-order chi connectivity index (χ0) is 51.8. The number of thiazole rings is 1. The molecule has 0 aliphatic carbocycles. The second-order valence-corrected chi connectivity index (χ2v) is 18.0. The second-order valence-electron chi connectivity index (χ2n) is 16.7. The second kappa shape index (κ2) is 22.7. The molecule has 0 radical (unpaired) electrons. The number of amides is 2. The van der Waals surface area contributed by atoms with Crippen LogP contribution in [0.25, 0.3) is 4.91 Å². The van der Waals surface area contributed by atoms with Gasteiger partial charge in [-0.25, -0.2) is 14.9 Å². The molecule has 0 spiro atoms. The number of methoxy groups -OCH3 is 2. The molecule has 18 nitrogen and oxygen atoms in total. The van der Waals surface area contributed by atoms with E-state index in [2.05, 4.69) is 38.6 Å². The van der Waals surface area contributed by atoms with E-state index >= 15 is 0 Å². The van der Waals surface area contributed by atoms with Gasteiger partial charge in [0.1, 0.15) is 24.0 Å². The molecule has 2 aromatic heterocycles. The van der Waals surface area contributed by atoms with Crippen molar-refractivity contribution in [2.24, 2.45) is 5.16 Å². The number of carbonyl (C=O) groups excluding carboxylic acids is 3.